The summed E-state index contributed by atoms with van der Waals surface area (Å²) in [6, 6.07) is 2.12. The highest BCUT2D eigenvalue weighted by Crippen LogP contribution is 2.33. The van der Waals surface area contributed by atoms with Gasteiger partial charge in [0.05, 0.1) is 23.4 Å². The van der Waals surface area contributed by atoms with E-state index >= 15 is 0 Å². The lowest BCUT2D eigenvalue weighted by atomic mass is 10.1. The highest BCUT2D eigenvalue weighted by atomic mass is 35.5. The molecule has 2 aromatic rings. The lowest BCUT2D eigenvalue weighted by Gasteiger charge is -2.28. The predicted molar refractivity (Wildman–Crippen MR) is 96.6 cm³/mol. The maximum absolute atomic E-state index is 6.12. The number of halogens is 1. The average Bonchev–Trinajstić information content (AvgIpc) is 2.94. The third kappa shape index (κ3) is 4.32. The van der Waals surface area contributed by atoms with Gasteiger partial charge >= 0.3 is 0 Å². The summed E-state index contributed by atoms with van der Waals surface area (Å²) in [5.74, 6) is 1.67. The van der Waals surface area contributed by atoms with Crippen LogP contribution in [0.2, 0.25) is 5.28 Å². The molecule has 0 spiro atoms. The molecule has 7 heteroatoms. The van der Waals surface area contributed by atoms with Crippen LogP contribution >= 0.6 is 22.9 Å². The Labute approximate surface area is 146 Å². The standard InChI is InChI=1S/C16H23ClN4OS/c1-11(2)3-4-18-10-12-9-13-14(23-12)15(20-16(17)19-13)21-5-7-22-8-6-21/h9,11,18H,3-8,10H2,1-2H3. The second-order valence-electron chi connectivity index (χ2n) is 6.20. The first kappa shape index (κ1) is 16.9. The largest absolute Gasteiger partial charge is 0.378 e. The molecular formula is C16H23ClN4OS. The summed E-state index contributed by atoms with van der Waals surface area (Å²) in [6.07, 6.45) is 1.19. The summed E-state index contributed by atoms with van der Waals surface area (Å²) >= 11 is 7.88. The third-order valence-electron chi connectivity index (χ3n) is 3.89. The number of nitrogens with one attached hydrogen (secondary N) is 1. The zero-order valence-corrected chi connectivity index (χ0v) is 15.2. The van der Waals surface area contributed by atoms with Crippen LogP contribution in [0, 0.1) is 5.92 Å². The summed E-state index contributed by atoms with van der Waals surface area (Å²) in [4.78, 5) is 12.4. The maximum atomic E-state index is 6.12. The minimum Gasteiger partial charge on any atom is -0.378 e. The van der Waals surface area contributed by atoms with Crippen LogP contribution in [-0.4, -0.2) is 42.8 Å². The number of anilines is 1. The van der Waals surface area contributed by atoms with Gasteiger partial charge in [0.1, 0.15) is 0 Å². The van der Waals surface area contributed by atoms with Crippen LogP contribution in [0.3, 0.4) is 0 Å². The van der Waals surface area contributed by atoms with Gasteiger partial charge in [-0.15, -0.1) is 11.3 Å². The first-order valence-electron chi connectivity index (χ1n) is 8.13. The Morgan fingerprint density at radius 3 is 2.87 bits per heavy atom. The smallest absolute Gasteiger partial charge is 0.224 e. The molecule has 0 bridgehead atoms. The van der Waals surface area contributed by atoms with Gasteiger partial charge in [0, 0.05) is 24.5 Å². The van der Waals surface area contributed by atoms with E-state index in [0.29, 0.717) is 5.28 Å². The molecule has 0 amide bonds. The SMILES string of the molecule is CC(C)CCNCc1cc2nc(Cl)nc(N3CCOCC3)c2s1. The molecule has 1 fully saturated rings. The topological polar surface area (TPSA) is 50.3 Å². The van der Waals surface area contributed by atoms with Gasteiger partial charge in [0.2, 0.25) is 5.28 Å². The van der Waals surface area contributed by atoms with Gasteiger partial charge in [-0.1, -0.05) is 13.8 Å². The zero-order valence-electron chi connectivity index (χ0n) is 13.6. The van der Waals surface area contributed by atoms with Gasteiger partial charge < -0.3 is 15.0 Å². The Kier molecular flexibility index (Phi) is 5.69. The van der Waals surface area contributed by atoms with Crippen molar-refractivity contribution < 1.29 is 4.74 Å². The van der Waals surface area contributed by atoms with Crippen molar-refractivity contribution >= 4 is 39.0 Å². The molecule has 23 heavy (non-hydrogen) atoms. The molecule has 0 aliphatic carbocycles. The fourth-order valence-electron chi connectivity index (χ4n) is 2.62. The van der Waals surface area contributed by atoms with E-state index in [4.69, 9.17) is 16.3 Å². The zero-order chi connectivity index (χ0) is 16.2. The molecule has 1 saturated heterocycles. The van der Waals surface area contributed by atoms with Crippen LogP contribution in [0.15, 0.2) is 6.07 Å². The Bertz CT molecular complexity index is 655. The second-order valence-corrected chi connectivity index (χ2v) is 7.68. The van der Waals surface area contributed by atoms with E-state index in [1.54, 1.807) is 11.3 Å². The minimum atomic E-state index is 0.316. The number of hydrogen-bond donors (Lipinski definition) is 1. The molecule has 1 aliphatic rings. The van der Waals surface area contributed by atoms with E-state index in [1.165, 1.54) is 11.3 Å². The number of rotatable bonds is 6. The Morgan fingerprint density at radius 1 is 1.35 bits per heavy atom. The molecule has 126 valence electrons. The maximum Gasteiger partial charge on any atom is 0.224 e. The lowest BCUT2D eigenvalue weighted by molar-refractivity contribution is 0.122. The van der Waals surface area contributed by atoms with E-state index in [9.17, 15) is 0 Å². The van der Waals surface area contributed by atoms with Crippen molar-refractivity contribution in [2.24, 2.45) is 5.92 Å². The van der Waals surface area contributed by atoms with E-state index in [0.717, 1.165) is 61.3 Å². The Hall–Kier alpha value is -0.950. The molecule has 0 aromatic carbocycles. The fraction of sp³-hybridized carbons (Fsp3) is 0.625. The molecule has 5 nitrogen and oxygen atoms in total. The van der Waals surface area contributed by atoms with Crippen molar-refractivity contribution in [2.75, 3.05) is 37.7 Å². The summed E-state index contributed by atoms with van der Waals surface area (Å²) < 4.78 is 6.55. The first-order chi connectivity index (χ1) is 11.1. The summed E-state index contributed by atoms with van der Waals surface area (Å²) in [5.41, 5.74) is 0.942. The monoisotopic (exact) mass is 354 g/mol. The van der Waals surface area contributed by atoms with Gasteiger partial charge in [-0.05, 0) is 36.6 Å². The van der Waals surface area contributed by atoms with Crippen molar-refractivity contribution in [3.05, 3.63) is 16.2 Å². The van der Waals surface area contributed by atoms with Gasteiger partial charge in [-0.3, -0.25) is 0 Å². The molecule has 1 aliphatic heterocycles. The highest BCUT2D eigenvalue weighted by Gasteiger charge is 2.19. The number of aromatic nitrogens is 2. The summed E-state index contributed by atoms with van der Waals surface area (Å²) in [6.45, 7) is 9.56. The second kappa shape index (κ2) is 7.75. The van der Waals surface area contributed by atoms with Gasteiger partial charge in [-0.2, -0.15) is 4.98 Å². The van der Waals surface area contributed by atoms with Gasteiger partial charge in [-0.25, -0.2) is 4.98 Å². The quantitative estimate of drug-likeness (QED) is 0.637. The molecular weight excluding hydrogens is 332 g/mol. The number of hydrogen-bond acceptors (Lipinski definition) is 6. The molecule has 1 N–H and O–H groups in total. The number of fused-ring (bicyclic) bond motifs is 1. The lowest BCUT2D eigenvalue weighted by Crippen LogP contribution is -2.36. The highest BCUT2D eigenvalue weighted by molar-refractivity contribution is 7.19. The number of thiophene rings is 1. The van der Waals surface area contributed by atoms with Crippen molar-refractivity contribution in [1.82, 2.24) is 15.3 Å². The number of ether oxygens (including phenoxy) is 1. The van der Waals surface area contributed by atoms with Crippen LogP contribution in [0.4, 0.5) is 5.82 Å². The molecule has 0 saturated carbocycles. The van der Waals surface area contributed by atoms with E-state index in [-0.39, 0.29) is 0 Å². The van der Waals surface area contributed by atoms with Crippen molar-refractivity contribution in [3.63, 3.8) is 0 Å². The van der Waals surface area contributed by atoms with Crippen LogP contribution < -0.4 is 10.2 Å². The normalized spacial score (nSPS) is 15.7. The third-order valence-corrected chi connectivity index (χ3v) is 5.18. The fourth-order valence-corrected chi connectivity index (χ4v) is 3.87. The number of morpholine rings is 1. The molecule has 0 atom stereocenters. The van der Waals surface area contributed by atoms with Crippen molar-refractivity contribution in [1.29, 1.82) is 0 Å². The Morgan fingerprint density at radius 2 is 2.13 bits per heavy atom. The molecule has 0 radical (unpaired) electrons. The van der Waals surface area contributed by atoms with Gasteiger partial charge in [0.25, 0.3) is 0 Å². The molecule has 2 aromatic heterocycles. The van der Waals surface area contributed by atoms with Crippen molar-refractivity contribution in [2.45, 2.75) is 26.8 Å². The average molecular weight is 355 g/mol. The van der Waals surface area contributed by atoms with Crippen LogP contribution in [0.5, 0.6) is 0 Å². The van der Waals surface area contributed by atoms with Crippen molar-refractivity contribution in [3.8, 4) is 0 Å². The Balaban J connectivity index is 1.78. The summed E-state index contributed by atoms with van der Waals surface area (Å²) in [7, 11) is 0. The van der Waals surface area contributed by atoms with Gasteiger partial charge in [0.15, 0.2) is 5.82 Å². The van der Waals surface area contributed by atoms with E-state index in [2.05, 4.69) is 40.1 Å². The van der Waals surface area contributed by atoms with Crippen LogP contribution in [-0.2, 0) is 11.3 Å². The molecule has 3 rings (SSSR count). The van der Waals surface area contributed by atoms with Crippen LogP contribution in [0.1, 0.15) is 25.1 Å². The first-order valence-corrected chi connectivity index (χ1v) is 9.32. The predicted octanol–water partition coefficient (Wildman–Crippen LogP) is 3.32. The van der Waals surface area contributed by atoms with E-state index in [1.807, 2.05) is 0 Å². The number of nitrogens with zero attached hydrogens (tertiary/aromatic N) is 3. The molecule has 0 unspecified atom stereocenters. The minimum absolute atomic E-state index is 0.316. The molecule has 3 heterocycles. The van der Waals surface area contributed by atoms with E-state index < -0.39 is 0 Å². The van der Waals surface area contributed by atoms with Crippen LogP contribution in [0.25, 0.3) is 10.2 Å². The summed E-state index contributed by atoms with van der Waals surface area (Å²) in [5, 5.41) is 3.82.